The van der Waals surface area contributed by atoms with Gasteiger partial charge in [-0.15, -0.1) is 0 Å². The normalized spacial score (nSPS) is 11.3. The number of ether oxygens (including phenoxy) is 1. The van der Waals surface area contributed by atoms with E-state index in [1.807, 2.05) is 0 Å². The molecule has 0 saturated carbocycles. The lowest BCUT2D eigenvalue weighted by molar-refractivity contribution is 0.318. The van der Waals surface area contributed by atoms with Gasteiger partial charge in [0.1, 0.15) is 17.3 Å². The molecule has 0 aliphatic heterocycles. The van der Waals surface area contributed by atoms with Crippen LogP contribution in [-0.2, 0) is 0 Å². The van der Waals surface area contributed by atoms with Crippen molar-refractivity contribution in [1.82, 2.24) is 4.98 Å². The minimum atomic E-state index is -0.347. The van der Waals surface area contributed by atoms with Crippen LogP contribution < -0.4 is 10.5 Å². The molecule has 0 saturated heterocycles. The average Bonchev–Trinajstić information content (AvgIpc) is 2.41. The molecular weight excluding hydrogens is 237 g/mol. The van der Waals surface area contributed by atoms with Crippen LogP contribution in [0.15, 0.2) is 47.6 Å². The third kappa shape index (κ3) is 2.73. The predicted octanol–water partition coefficient (Wildman–Crippen LogP) is 2.11. The maximum Gasteiger partial charge on any atom is 0.219 e. The summed E-state index contributed by atoms with van der Waals surface area (Å²) < 4.78 is 18.1. The third-order valence-corrected chi connectivity index (χ3v) is 2.13. The Kier molecular flexibility index (Phi) is 3.38. The predicted molar refractivity (Wildman–Crippen MR) is 63.2 cm³/mol. The van der Waals surface area contributed by atoms with E-state index in [1.54, 1.807) is 18.2 Å². The fourth-order valence-corrected chi connectivity index (χ4v) is 1.29. The second kappa shape index (κ2) is 5.13. The number of amidine groups is 1. The van der Waals surface area contributed by atoms with Crippen LogP contribution in [0.5, 0.6) is 11.6 Å². The maximum atomic E-state index is 12.7. The number of nitrogens with zero attached hydrogens (tertiary/aromatic N) is 2. The number of benzene rings is 1. The van der Waals surface area contributed by atoms with Gasteiger partial charge in [0.05, 0.1) is 0 Å². The van der Waals surface area contributed by atoms with Crippen LogP contribution in [-0.4, -0.2) is 16.0 Å². The summed E-state index contributed by atoms with van der Waals surface area (Å²) in [5.41, 5.74) is 5.70. The molecule has 0 spiro atoms. The van der Waals surface area contributed by atoms with Gasteiger partial charge in [-0.3, -0.25) is 0 Å². The maximum absolute atomic E-state index is 12.7. The fraction of sp³-hybridized carbons (Fsp3) is 0. The molecule has 0 fully saturated rings. The first-order valence-electron chi connectivity index (χ1n) is 5.07. The average molecular weight is 247 g/mol. The molecular formula is C12H10FN3O2. The van der Waals surface area contributed by atoms with Gasteiger partial charge in [0.2, 0.25) is 5.88 Å². The second-order valence-corrected chi connectivity index (χ2v) is 3.40. The first kappa shape index (κ1) is 11.8. The summed E-state index contributed by atoms with van der Waals surface area (Å²) >= 11 is 0. The van der Waals surface area contributed by atoms with Gasteiger partial charge in [0, 0.05) is 6.07 Å². The van der Waals surface area contributed by atoms with Gasteiger partial charge in [0.15, 0.2) is 5.84 Å². The molecule has 1 aromatic heterocycles. The Morgan fingerprint density at radius 2 is 1.94 bits per heavy atom. The molecule has 6 heteroatoms. The molecule has 5 nitrogen and oxygen atoms in total. The van der Waals surface area contributed by atoms with Gasteiger partial charge >= 0.3 is 0 Å². The number of nitrogens with two attached hydrogens (primary N) is 1. The van der Waals surface area contributed by atoms with Crippen molar-refractivity contribution < 1.29 is 14.3 Å². The first-order chi connectivity index (χ1) is 8.69. The minimum Gasteiger partial charge on any atom is -0.439 e. The SMILES string of the molecule is NC(=NO)c1cccc(Oc2ccc(F)cc2)n1. The van der Waals surface area contributed by atoms with E-state index in [-0.39, 0.29) is 23.2 Å². The Balaban J connectivity index is 2.22. The second-order valence-electron chi connectivity index (χ2n) is 3.40. The van der Waals surface area contributed by atoms with Crippen LogP contribution >= 0.6 is 0 Å². The Morgan fingerprint density at radius 3 is 2.61 bits per heavy atom. The quantitative estimate of drug-likeness (QED) is 0.376. The highest BCUT2D eigenvalue weighted by molar-refractivity contribution is 5.95. The molecule has 0 radical (unpaired) electrons. The number of halogens is 1. The van der Waals surface area contributed by atoms with E-state index in [9.17, 15) is 4.39 Å². The Morgan fingerprint density at radius 1 is 1.22 bits per heavy atom. The summed E-state index contributed by atoms with van der Waals surface area (Å²) in [5, 5.41) is 11.4. The van der Waals surface area contributed by atoms with Gasteiger partial charge in [-0.05, 0) is 30.3 Å². The molecule has 92 valence electrons. The summed E-state index contributed by atoms with van der Waals surface area (Å²) in [5.74, 6) is 0.256. The molecule has 3 N–H and O–H groups in total. The van der Waals surface area contributed by atoms with Crippen LogP contribution in [0.4, 0.5) is 4.39 Å². The summed E-state index contributed by atoms with van der Waals surface area (Å²) in [6, 6.07) is 10.4. The van der Waals surface area contributed by atoms with Crippen LogP contribution in [0.2, 0.25) is 0 Å². The zero-order valence-electron chi connectivity index (χ0n) is 9.25. The highest BCUT2D eigenvalue weighted by Gasteiger charge is 2.04. The molecule has 2 aromatic rings. The first-order valence-corrected chi connectivity index (χ1v) is 5.07. The molecule has 18 heavy (non-hydrogen) atoms. The zero-order chi connectivity index (χ0) is 13.0. The van der Waals surface area contributed by atoms with Crippen molar-refractivity contribution in [3.8, 4) is 11.6 Å². The molecule has 2 rings (SSSR count). The van der Waals surface area contributed by atoms with E-state index >= 15 is 0 Å². The Hall–Kier alpha value is -2.63. The summed E-state index contributed by atoms with van der Waals surface area (Å²) in [6.07, 6.45) is 0. The Bertz CT molecular complexity index is 570. The minimum absolute atomic E-state index is 0.112. The fourth-order valence-electron chi connectivity index (χ4n) is 1.29. The van der Waals surface area contributed by atoms with Gasteiger partial charge in [-0.2, -0.15) is 0 Å². The van der Waals surface area contributed by atoms with E-state index in [4.69, 9.17) is 15.7 Å². The van der Waals surface area contributed by atoms with Crippen molar-refractivity contribution in [3.05, 3.63) is 54.0 Å². The lowest BCUT2D eigenvalue weighted by Crippen LogP contribution is -2.14. The molecule has 0 aliphatic carbocycles. The Labute approximate surface area is 102 Å². The largest absolute Gasteiger partial charge is 0.439 e. The number of oxime groups is 1. The topological polar surface area (TPSA) is 80.7 Å². The van der Waals surface area contributed by atoms with E-state index in [0.29, 0.717) is 5.75 Å². The molecule has 1 aromatic carbocycles. The lowest BCUT2D eigenvalue weighted by atomic mass is 10.3. The van der Waals surface area contributed by atoms with Crippen molar-refractivity contribution >= 4 is 5.84 Å². The van der Waals surface area contributed by atoms with Crippen molar-refractivity contribution in [2.45, 2.75) is 0 Å². The molecule has 1 heterocycles. The van der Waals surface area contributed by atoms with E-state index in [1.165, 1.54) is 24.3 Å². The number of hydrogen-bond acceptors (Lipinski definition) is 4. The van der Waals surface area contributed by atoms with E-state index in [2.05, 4.69) is 10.1 Å². The summed E-state index contributed by atoms with van der Waals surface area (Å²) in [6.45, 7) is 0. The summed E-state index contributed by atoms with van der Waals surface area (Å²) in [7, 11) is 0. The zero-order valence-corrected chi connectivity index (χ0v) is 9.25. The van der Waals surface area contributed by atoms with Crippen LogP contribution in [0, 0.1) is 5.82 Å². The van der Waals surface area contributed by atoms with Gasteiger partial charge in [-0.1, -0.05) is 11.2 Å². The number of pyridine rings is 1. The highest BCUT2D eigenvalue weighted by Crippen LogP contribution is 2.19. The van der Waals surface area contributed by atoms with Crippen LogP contribution in [0.25, 0.3) is 0 Å². The monoisotopic (exact) mass is 247 g/mol. The summed E-state index contributed by atoms with van der Waals surface area (Å²) in [4.78, 5) is 4.03. The van der Waals surface area contributed by atoms with Crippen LogP contribution in [0.3, 0.4) is 0 Å². The highest BCUT2D eigenvalue weighted by atomic mass is 19.1. The number of aromatic nitrogens is 1. The van der Waals surface area contributed by atoms with Gasteiger partial charge in [-0.25, -0.2) is 9.37 Å². The molecule has 0 amide bonds. The van der Waals surface area contributed by atoms with Crippen molar-refractivity contribution in [1.29, 1.82) is 0 Å². The lowest BCUT2D eigenvalue weighted by Gasteiger charge is -2.05. The third-order valence-electron chi connectivity index (χ3n) is 2.13. The molecule has 0 aliphatic rings. The van der Waals surface area contributed by atoms with E-state index in [0.717, 1.165) is 0 Å². The number of hydrogen-bond donors (Lipinski definition) is 2. The smallest absolute Gasteiger partial charge is 0.219 e. The molecule has 0 unspecified atom stereocenters. The molecule has 0 atom stereocenters. The standard InChI is InChI=1S/C12H10FN3O2/c13-8-4-6-9(7-5-8)18-11-3-1-2-10(15-11)12(14)16-17/h1-7,17H,(H2,14,16). The molecule has 0 bridgehead atoms. The van der Waals surface area contributed by atoms with E-state index < -0.39 is 0 Å². The van der Waals surface area contributed by atoms with Crippen molar-refractivity contribution in [2.24, 2.45) is 10.9 Å². The van der Waals surface area contributed by atoms with Crippen molar-refractivity contribution in [3.63, 3.8) is 0 Å². The number of rotatable bonds is 3. The van der Waals surface area contributed by atoms with Gasteiger partial charge < -0.3 is 15.7 Å². The van der Waals surface area contributed by atoms with Gasteiger partial charge in [0.25, 0.3) is 0 Å². The van der Waals surface area contributed by atoms with Crippen molar-refractivity contribution in [2.75, 3.05) is 0 Å². The van der Waals surface area contributed by atoms with Crippen LogP contribution in [0.1, 0.15) is 5.69 Å².